The number of hydrogen-bond donors (Lipinski definition) is 1. The molecule has 0 atom stereocenters. The number of halogens is 1. The van der Waals surface area contributed by atoms with Crippen LogP contribution in [0.4, 0.5) is 0 Å². The molecular weight excluding hydrogens is 457 g/mol. The summed E-state index contributed by atoms with van der Waals surface area (Å²) in [7, 11) is 0. The van der Waals surface area contributed by atoms with E-state index in [1.165, 1.54) is 0 Å². The standard InChI is InChI=1S/C19H22IN5O2/c1-4-7-9-27-19-13(10-12(20)11-21-19)17-23-18(26)16-14(8-5-2)22-15(6-3)25(16)24-17/h5,10-11H,2,4,6-9H2,1,3H3,(H,23,24,26). The first-order valence-corrected chi connectivity index (χ1v) is 10.1. The summed E-state index contributed by atoms with van der Waals surface area (Å²) in [5.41, 5.74) is 1.57. The van der Waals surface area contributed by atoms with Gasteiger partial charge in [-0.2, -0.15) is 0 Å². The van der Waals surface area contributed by atoms with Gasteiger partial charge in [0.15, 0.2) is 11.3 Å². The third-order valence-electron chi connectivity index (χ3n) is 4.10. The van der Waals surface area contributed by atoms with Gasteiger partial charge in [-0.25, -0.2) is 14.5 Å². The lowest BCUT2D eigenvalue weighted by atomic mass is 10.2. The van der Waals surface area contributed by atoms with Crippen molar-refractivity contribution in [2.75, 3.05) is 6.61 Å². The molecule has 0 bridgehead atoms. The van der Waals surface area contributed by atoms with Gasteiger partial charge in [0.25, 0.3) is 5.56 Å². The molecular formula is C19H22IN5O2. The van der Waals surface area contributed by atoms with Gasteiger partial charge in [0.2, 0.25) is 5.88 Å². The molecule has 1 N–H and O–H groups in total. The molecule has 0 fully saturated rings. The van der Waals surface area contributed by atoms with Crippen LogP contribution in [0.15, 0.2) is 29.7 Å². The van der Waals surface area contributed by atoms with E-state index in [-0.39, 0.29) is 5.56 Å². The number of nitrogens with one attached hydrogen (secondary N) is 1. The molecule has 3 aromatic rings. The van der Waals surface area contributed by atoms with Crippen LogP contribution >= 0.6 is 22.6 Å². The molecule has 0 radical (unpaired) electrons. The van der Waals surface area contributed by atoms with Crippen molar-refractivity contribution in [2.45, 2.75) is 39.5 Å². The molecule has 0 unspecified atom stereocenters. The Balaban J connectivity index is 2.16. The number of ether oxygens (including phenoxy) is 1. The van der Waals surface area contributed by atoms with E-state index in [0.29, 0.717) is 47.9 Å². The van der Waals surface area contributed by atoms with Crippen molar-refractivity contribution >= 4 is 28.1 Å². The normalized spacial score (nSPS) is 11.1. The smallest absolute Gasteiger partial charge is 0.277 e. The van der Waals surface area contributed by atoms with Gasteiger partial charge in [0.1, 0.15) is 5.82 Å². The highest BCUT2D eigenvalue weighted by Crippen LogP contribution is 2.27. The molecule has 0 amide bonds. The number of rotatable bonds is 8. The minimum Gasteiger partial charge on any atom is -0.477 e. The van der Waals surface area contributed by atoms with E-state index in [4.69, 9.17) is 4.74 Å². The quantitative estimate of drug-likeness (QED) is 0.304. The van der Waals surface area contributed by atoms with Crippen LogP contribution in [0.2, 0.25) is 0 Å². The zero-order valence-corrected chi connectivity index (χ0v) is 17.6. The monoisotopic (exact) mass is 479 g/mol. The van der Waals surface area contributed by atoms with Crippen LogP contribution < -0.4 is 10.3 Å². The molecule has 142 valence electrons. The Morgan fingerprint density at radius 2 is 2.22 bits per heavy atom. The second-order valence-corrected chi connectivity index (χ2v) is 7.34. The van der Waals surface area contributed by atoms with Crippen LogP contribution in [-0.4, -0.2) is 31.2 Å². The van der Waals surface area contributed by atoms with Crippen molar-refractivity contribution in [3.8, 4) is 17.3 Å². The largest absolute Gasteiger partial charge is 0.477 e. The number of H-pyrrole nitrogens is 1. The average Bonchev–Trinajstić information content (AvgIpc) is 3.01. The first kappa shape index (κ1) is 19.5. The maximum Gasteiger partial charge on any atom is 0.277 e. The number of fused-ring (bicyclic) bond motifs is 1. The molecule has 8 heteroatoms. The number of pyridine rings is 1. The lowest BCUT2D eigenvalue weighted by Gasteiger charge is -2.10. The average molecular weight is 479 g/mol. The van der Waals surface area contributed by atoms with Crippen molar-refractivity contribution in [3.05, 3.63) is 50.4 Å². The third-order valence-corrected chi connectivity index (χ3v) is 4.69. The minimum atomic E-state index is -0.234. The van der Waals surface area contributed by atoms with Gasteiger partial charge in [-0.1, -0.05) is 26.3 Å². The molecule has 27 heavy (non-hydrogen) atoms. The third kappa shape index (κ3) is 4.05. The highest BCUT2D eigenvalue weighted by atomic mass is 127. The van der Waals surface area contributed by atoms with Gasteiger partial charge in [-0.05, 0) is 35.1 Å². The molecule has 0 aliphatic heterocycles. The predicted molar refractivity (Wildman–Crippen MR) is 113 cm³/mol. The van der Waals surface area contributed by atoms with E-state index >= 15 is 0 Å². The SMILES string of the molecule is C=CCc1nc(CC)n2nc(-c3cc(I)cnc3OCCCC)[nH]c(=O)c12. The topological polar surface area (TPSA) is 85.2 Å². The predicted octanol–water partition coefficient (Wildman–Crippen LogP) is 3.55. The first-order valence-electron chi connectivity index (χ1n) is 8.99. The van der Waals surface area contributed by atoms with Gasteiger partial charge in [-0.15, -0.1) is 11.7 Å². The Labute approximate surface area is 171 Å². The maximum absolute atomic E-state index is 12.8. The van der Waals surface area contributed by atoms with E-state index in [1.807, 2.05) is 13.0 Å². The molecule has 0 aliphatic carbocycles. The second-order valence-electron chi connectivity index (χ2n) is 6.09. The number of aromatic nitrogens is 5. The number of nitrogens with zero attached hydrogens (tertiary/aromatic N) is 4. The van der Waals surface area contributed by atoms with Gasteiger partial charge >= 0.3 is 0 Å². The van der Waals surface area contributed by atoms with Crippen LogP contribution in [0, 0.1) is 3.57 Å². The van der Waals surface area contributed by atoms with Gasteiger partial charge < -0.3 is 9.72 Å². The van der Waals surface area contributed by atoms with Crippen molar-refractivity contribution < 1.29 is 4.74 Å². The van der Waals surface area contributed by atoms with Crippen LogP contribution in [0.5, 0.6) is 5.88 Å². The van der Waals surface area contributed by atoms with Crippen LogP contribution in [-0.2, 0) is 12.8 Å². The first-order chi connectivity index (χ1) is 13.1. The zero-order valence-electron chi connectivity index (χ0n) is 15.5. The fraction of sp³-hybridized carbons (Fsp3) is 0.368. The summed E-state index contributed by atoms with van der Waals surface area (Å²) in [6, 6.07) is 1.91. The zero-order chi connectivity index (χ0) is 19.4. The molecule has 0 aliphatic rings. The Kier molecular flexibility index (Phi) is 6.25. The summed E-state index contributed by atoms with van der Waals surface area (Å²) < 4.78 is 8.38. The Hall–Kier alpha value is -2.23. The number of unbranched alkanes of at least 4 members (excludes halogenated alkanes) is 1. The Bertz CT molecular complexity index is 1020. The van der Waals surface area contributed by atoms with E-state index < -0.39 is 0 Å². The number of allylic oxidation sites excluding steroid dienone is 1. The van der Waals surface area contributed by atoms with E-state index in [0.717, 1.165) is 22.2 Å². The Morgan fingerprint density at radius 3 is 2.93 bits per heavy atom. The van der Waals surface area contributed by atoms with Gasteiger partial charge in [0, 0.05) is 22.6 Å². The molecule has 3 rings (SSSR count). The molecule has 0 saturated heterocycles. The molecule has 3 heterocycles. The molecule has 3 aromatic heterocycles. The Morgan fingerprint density at radius 1 is 1.41 bits per heavy atom. The summed E-state index contributed by atoms with van der Waals surface area (Å²) in [5.74, 6) is 1.62. The number of hydrogen-bond acceptors (Lipinski definition) is 5. The summed E-state index contributed by atoms with van der Waals surface area (Å²) in [6.07, 6.45) is 6.61. The fourth-order valence-corrected chi connectivity index (χ4v) is 3.24. The van der Waals surface area contributed by atoms with Crippen molar-refractivity contribution in [1.29, 1.82) is 0 Å². The van der Waals surface area contributed by atoms with Crippen molar-refractivity contribution in [3.63, 3.8) is 0 Å². The van der Waals surface area contributed by atoms with Gasteiger partial charge in [-0.3, -0.25) is 4.79 Å². The van der Waals surface area contributed by atoms with Crippen LogP contribution in [0.25, 0.3) is 16.9 Å². The highest BCUT2D eigenvalue weighted by molar-refractivity contribution is 14.1. The highest BCUT2D eigenvalue weighted by Gasteiger charge is 2.18. The summed E-state index contributed by atoms with van der Waals surface area (Å²) in [6.45, 7) is 8.40. The van der Waals surface area contributed by atoms with Crippen LogP contribution in [0.3, 0.4) is 0 Å². The molecule has 0 saturated carbocycles. The van der Waals surface area contributed by atoms with E-state index in [2.05, 4.69) is 56.1 Å². The summed E-state index contributed by atoms with van der Waals surface area (Å²) in [5, 5.41) is 4.65. The molecule has 0 aromatic carbocycles. The van der Waals surface area contributed by atoms with E-state index in [9.17, 15) is 4.79 Å². The molecule has 0 spiro atoms. The molecule has 7 nitrogen and oxygen atoms in total. The second kappa shape index (κ2) is 8.64. The number of aryl methyl sites for hydroxylation is 1. The lowest BCUT2D eigenvalue weighted by Crippen LogP contribution is -2.16. The maximum atomic E-state index is 12.8. The van der Waals surface area contributed by atoms with Crippen LogP contribution in [0.1, 0.15) is 38.2 Å². The van der Waals surface area contributed by atoms with E-state index in [1.54, 1.807) is 16.8 Å². The number of imidazole rings is 1. The van der Waals surface area contributed by atoms with Gasteiger partial charge in [0.05, 0.1) is 17.9 Å². The number of aromatic amines is 1. The van der Waals surface area contributed by atoms with Crippen molar-refractivity contribution in [2.24, 2.45) is 0 Å². The summed E-state index contributed by atoms with van der Waals surface area (Å²) >= 11 is 2.18. The van der Waals surface area contributed by atoms with Crippen molar-refractivity contribution in [1.82, 2.24) is 24.6 Å². The lowest BCUT2D eigenvalue weighted by molar-refractivity contribution is 0.299. The summed E-state index contributed by atoms with van der Waals surface area (Å²) in [4.78, 5) is 24.6. The minimum absolute atomic E-state index is 0.234. The fourth-order valence-electron chi connectivity index (χ4n) is 2.79.